The first-order valence-electron chi connectivity index (χ1n) is 4.94. The molecule has 3 nitrogen and oxygen atoms in total. The minimum Gasteiger partial charge on any atom is -0.366 e. The molecule has 0 spiro atoms. The lowest BCUT2D eigenvalue weighted by atomic mass is 10.1. The molecule has 1 heterocycles. The van der Waals surface area contributed by atoms with Crippen molar-refractivity contribution in [3.05, 3.63) is 46.4 Å². The second kappa shape index (κ2) is 4.22. The molecule has 88 valence electrons. The number of halogens is 2. The van der Waals surface area contributed by atoms with Crippen LogP contribution in [0.5, 0.6) is 0 Å². The van der Waals surface area contributed by atoms with Gasteiger partial charge in [-0.3, -0.25) is 4.79 Å². The van der Waals surface area contributed by atoms with Crippen LogP contribution < -0.4 is 5.73 Å². The van der Waals surface area contributed by atoms with Crippen molar-refractivity contribution in [3.8, 4) is 11.3 Å². The van der Waals surface area contributed by atoms with Gasteiger partial charge >= 0.3 is 0 Å². The van der Waals surface area contributed by atoms with Crippen molar-refractivity contribution in [2.24, 2.45) is 5.73 Å². The lowest BCUT2D eigenvalue weighted by Gasteiger charge is -1.99. The molecule has 0 aliphatic carbocycles. The minimum absolute atomic E-state index is 0.0374. The molecule has 1 aromatic heterocycles. The molecule has 2 aromatic rings. The highest BCUT2D eigenvalue weighted by molar-refractivity contribution is 6.31. The monoisotopic (exact) mass is 252 g/mol. The van der Waals surface area contributed by atoms with E-state index in [2.05, 4.69) is 4.98 Å². The van der Waals surface area contributed by atoms with E-state index < -0.39 is 11.7 Å². The van der Waals surface area contributed by atoms with Crippen molar-refractivity contribution in [1.29, 1.82) is 0 Å². The normalized spacial score (nSPS) is 10.5. The first-order chi connectivity index (χ1) is 7.99. The Labute approximate surface area is 102 Å². The average Bonchev–Trinajstić information content (AvgIpc) is 2.64. The summed E-state index contributed by atoms with van der Waals surface area (Å²) in [5.74, 6) is -0.980. The van der Waals surface area contributed by atoms with E-state index in [0.717, 1.165) is 0 Å². The molecule has 0 aliphatic heterocycles. The molecule has 0 atom stereocenters. The quantitative estimate of drug-likeness (QED) is 0.848. The summed E-state index contributed by atoms with van der Waals surface area (Å²) in [5, 5.41) is 0.0374. The standard InChI is InChI=1S/C12H10ClFN2O/c1-6-8(12(15)17)5-11(16-6)7-2-3-10(14)9(13)4-7/h2-5,16H,1H3,(H2,15,17). The molecular weight excluding hydrogens is 243 g/mol. The number of H-pyrrole nitrogens is 1. The highest BCUT2D eigenvalue weighted by Crippen LogP contribution is 2.25. The average molecular weight is 253 g/mol. The van der Waals surface area contributed by atoms with Crippen LogP contribution in [-0.4, -0.2) is 10.9 Å². The number of nitrogens with one attached hydrogen (secondary N) is 1. The third kappa shape index (κ3) is 2.17. The Morgan fingerprint density at radius 3 is 2.65 bits per heavy atom. The summed E-state index contributed by atoms with van der Waals surface area (Å²) in [6, 6.07) is 5.98. The third-order valence-corrected chi connectivity index (χ3v) is 2.80. The van der Waals surface area contributed by atoms with Gasteiger partial charge in [-0.05, 0) is 36.8 Å². The van der Waals surface area contributed by atoms with Crippen LogP contribution in [0.2, 0.25) is 5.02 Å². The summed E-state index contributed by atoms with van der Waals surface area (Å²) in [7, 11) is 0. The van der Waals surface area contributed by atoms with Gasteiger partial charge in [0.15, 0.2) is 0 Å². The number of primary amides is 1. The Balaban J connectivity index is 2.50. The Morgan fingerprint density at radius 2 is 2.12 bits per heavy atom. The second-order valence-electron chi connectivity index (χ2n) is 3.71. The number of carbonyl (C=O) groups excluding carboxylic acids is 1. The van der Waals surface area contributed by atoms with Crippen molar-refractivity contribution in [3.63, 3.8) is 0 Å². The molecule has 0 saturated carbocycles. The number of carbonyl (C=O) groups is 1. The van der Waals surface area contributed by atoms with E-state index >= 15 is 0 Å². The Morgan fingerprint density at radius 1 is 1.41 bits per heavy atom. The van der Waals surface area contributed by atoms with E-state index in [1.165, 1.54) is 12.1 Å². The molecule has 0 radical (unpaired) electrons. The van der Waals surface area contributed by atoms with E-state index in [4.69, 9.17) is 17.3 Å². The first-order valence-corrected chi connectivity index (χ1v) is 5.31. The van der Waals surface area contributed by atoms with Crippen molar-refractivity contribution in [2.45, 2.75) is 6.92 Å². The number of rotatable bonds is 2. The molecule has 5 heteroatoms. The van der Waals surface area contributed by atoms with Crippen molar-refractivity contribution >= 4 is 17.5 Å². The molecule has 0 aliphatic rings. The van der Waals surface area contributed by atoms with Crippen LogP contribution >= 0.6 is 11.6 Å². The zero-order chi connectivity index (χ0) is 12.6. The van der Waals surface area contributed by atoms with Crippen LogP contribution in [0, 0.1) is 12.7 Å². The Bertz CT molecular complexity index is 592. The number of hydrogen-bond donors (Lipinski definition) is 2. The van der Waals surface area contributed by atoms with Gasteiger partial charge < -0.3 is 10.7 Å². The largest absolute Gasteiger partial charge is 0.366 e. The fraction of sp³-hybridized carbons (Fsp3) is 0.0833. The highest BCUT2D eigenvalue weighted by atomic mass is 35.5. The fourth-order valence-electron chi connectivity index (χ4n) is 1.63. The van der Waals surface area contributed by atoms with Crippen molar-refractivity contribution < 1.29 is 9.18 Å². The SMILES string of the molecule is Cc1[nH]c(-c2ccc(F)c(Cl)c2)cc1C(N)=O. The smallest absolute Gasteiger partial charge is 0.250 e. The van der Waals surface area contributed by atoms with E-state index in [1.807, 2.05) is 0 Å². The van der Waals surface area contributed by atoms with Crippen LogP contribution in [0.1, 0.15) is 16.1 Å². The molecule has 0 saturated heterocycles. The minimum atomic E-state index is -0.502. The Hall–Kier alpha value is -1.81. The molecule has 3 N–H and O–H groups in total. The fourth-order valence-corrected chi connectivity index (χ4v) is 1.81. The molecule has 2 rings (SSSR count). The maximum absolute atomic E-state index is 13.0. The van der Waals surface area contributed by atoms with Crippen LogP contribution in [0.4, 0.5) is 4.39 Å². The molecule has 1 amide bonds. The zero-order valence-corrected chi connectivity index (χ0v) is 9.81. The number of aromatic amines is 1. The van der Waals surface area contributed by atoms with E-state index in [-0.39, 0.29) is 5.02 Å². The predicted molar refractivity (Wildman–Crippen MR) is 64.5 cm³/mol. The van der Waals surface area contributed by atoms with Crippen molar-refractivity contribution in [1.82, 2.24) is 4.98 Å². The second-order valence-corrected chi connectivity index (χ2v) is 4.12. The van der Waals surface area contributed by atoms with Crippen LogP contribution in [0.25, 0.3) is 11.3 Å². The van der Waals surface area contributed by atoms with Crippen molar-refractivity contribution in [2.75, 3.05) is 0 Å². The number of hydrogen-bond acceptors (Lipinski definition) is 1. The van der Waals surface area contributed by atoms with Gasteiger partial charge in [-0.25, -0.2) is 4.39 Å². The van der Waals surface area contributed by atoms with Crippen LogP contribution in [0.15, 0.2) is 24.3 Å². The maximum Gasteiger partial charge on any atom is 0.250 e. The van der Waals surface area contributed by atoms with E-state index in [9.17, 15) is 9.18 Å². The summed E-state index contributed by atoms with van der Waals surface area (Å²) < 4.78 is 13.0. The highest BCUT2D eigenvalue weighted by Gasteiger charge is 2.11. The van der Waals surface area contributed by atoms with Crippen LogP contribution in [-0.2, 0) is 0 Å². The van der Waals surface area contributed by atoms with E-state index in [0.29, 0.717) is 22.5 Å². The zero-order valence-electron chi connectivity index (χ0n) is 9.05. The van der Waals surface area contributed by atoms with Gasteiger partial charge in [0.05, 0.1) is 10.6 Å². The van der Waals surface area contributed by atoms with Gasteiger partial charge in [-0.15, -0.1) is 0 Å². The summed E-state index contributed by atoms with van der Waals surface area (Å²) in [6.45, 7) is 1.74. The number of amides is 1. The molecule has 1 aromatic carbocycles. The Kier molecular flexibility index (Phi) is 2.90. The van der Waals surface area contributed by atoms with Gasteiger partial charge in [0.1, 0.15) is 5.82 Å². The molecule has 17 heavy (non-hydrogen) atoms. The number of benzene rings is 1. The lowest BCUT2D eigenvalue weighted by Crippen LogP contribution is -2.10. The number of aromatic nitrogens is 1. The summed E-state index contributed by atoms with van der Waals surface area (Å²) in [4.78, 5) is 14.1. The molecular formula is C12H10ClFN2O. The molecule has 0 fully saturated rings. The predicted octanol–water partition coefficient (Wildman–Crippen LogP) is 2.88. The van der Waals surface area contributed by atoms with Gasteiger partial charge in [-0.2, -0.15) is 0 Å². The topological polar surface area (TPSA) is 58.9 Å². The molecule has 0 bridgehead atoms. The van der Waals surface area contributed by atoms with Gasteiger partial charge in [-0.1, -0.05) is 11.6 Å². The van der Waals surface area contributed by atoms with Gasteiger partial charge in [0, 0.05) is 11.4 Å². The summed E-state index contributed by atoms with van der Waals surface area (Å²) >= 11 is 5.69. The number of aryl methyl sites for hydroxylation is 1. The summed E-state index contributed by atoms with van der Waals surface area (Å²) in [6.07, 6.45) is 0. The van der Waals surface area contributed by atoms with Gasteiger partial charge in [0.2, 0.25) is 0 Å². The summed E-state index contributed by atoms with van der Waals surface area (Å²) in [5.41, 5.74) is 7.69. The third-order valence-electron chi connectivity index (χ3n) is 2.51. The van der Waals surface area contributed by atoms with Crippen LogP contribution in [0.3, 0.4) is 0 Å². The molecule has 0 unspecified atom stereocenters. The van der Waals surface area contributed by atoms with Gasteiger partial charge in [0.25, 0.3) is 5.91 Å². The number of nitrogens with two attached hydrogens (primary N) is 1. The first kappa shape index (κ1) is 11.7. The maximum atomic E-state index is 13.0. The van der Waals surface area contributed by atoms with E-state index in [1.54, 1.807) is 19.1 Å². The lowest BCUT2D eigenvalue weighted by molar-refractivity contribution is 0.1000.